The first kappa shape index (κ1) is 13.3. The summed E-state index contributed by atoms with van der Waals surface area (Å²) >= 11 is 0. The standard InChI is InChI=1S/C12H21N3O3/c16-9-3-1-2-8(4-9)5-15-12(18)10-6-14-11(17)7-13-10/h8-10,13,16H,1-7H2,(H,14,17)(H,15,18). The van der Waals surface area contributed by atoms with Crippen molar-refractivity contribution in [3.63, 3.8) is 0 Å². The van der Waals surface area contributed by atoms with Gasteiger partial charge in [-0.3, -0.25) is 14.9 Å². The maximum atomic E-state index is 11.8. The van der Waals surface area contributed by atoms with E-state index in [1.807, 2.05) is 0 Å². The quantitative estimate of drug-likeness (QED) is 0.507. The Kier molecular flexibility index (Phi) is 4.54. The number of aliphatic hydroxyl groups excluding tert-OH is 1. The summed E-state index contributed by atoms with van der Waals surface area (Å²) in [6.07, 6.45) is 3.52. The molecule has 102 valence electrons. The highest BCUT2D eigenvalue weighted by atomic mass is 16.3. The Morgan fingerprint density at radius 3 is 2.94 bits per heavy atom. The van der Waals surface area contributed by atoms with Crippen LogP contribution in [0.5, 0.6) is 0 Å². The van der Waals surface area contributed by atoms with Crippen molar-refractivity contribution in [2.75, 3.05) is 19.6 Å². The first-order chi connectivity index (χ1) is 8.65. The highest BCUT2D eigenvalue weighted by Gasteiger charge is 2.25. The lowest BCUT2D eigenvalue weighted by atomic mass is 9.87. The van der Waals surface area contributed by atoms with E-state index >= 15 is 0 Å². The normalized spacial score (nSPS) is 32.7. The zero-order chi connectivity index (χ0) is 13.0. The fraction of sp³-hybridized carbons (Fsp3) is 0.833. The first-order valence-corrected chi connectivity index (χ1v) is 6.61. The minimum Gasteiger partial charge on any atom is -0.393 e. The van der Waals surface area contributed by atoms with Gasteiger partial charge in [0.15, 0.2) is 0 Å². The van der Waals surface area contributed by atoms with Crippen LogP contribution in [0.3, 0.4) is 0 Å². The molecule has 0 bridgehead atoms. The topological polar surface area (TPSA) is 90.5 Å². The summed E-state index contributed by atoms with van der Waals surface area (Å²) in [5, 5.41) is 18.0. The number of carbonyl (C=O) groups excluding carboxylic acids is 2. The molecule has 2 fully saturated rings. The van der Waals surface area contributed by atoms with Crippen molar-refractivity contribution in [3.8, 4) is 0 Å². The molecule has 1 aliphatic heterocycles. The van der Waals surface area contributed by atoms with E-state index in [0.29, 0.717) is 19.0 Å². The molecule has 3 unspecified atom stereocenters. The van der Waals surface area contributed by atoms with Crippen LogP contribution < -0.4 is 16.0 Å². The lowest BCUT2D eigenvalue weighted by Gasteiger charge is -2.28. The van der Waals surface area contributed by atoms with E-state index in [0.717, 1.165) is 25.7 Å². The number of nitrogens with one attached hydrogen (secondary N) is 3. The van der Waals surface area contributed by atoms with Crippen molar-refractivity contribution in [2.24, 2.45) is 5.92 Å². The van der Waals surface area contributed by atoms with Gasteiger partial charge in [0, 0.05) is 13.1 Å². The molecule has 2 aliphatic rings. The molecule has 0 aromatic carbocycles. The molecule has 4 N–H and O–H groups in total. The van der Waals surface area contributed by atoms with Crippen LogP contribution in [-0.2, 0) is 9.59 Å². The van der Waals surface area contributed by atoms with Crippen LogP contribution in [0.4, 0.5) is 0 Å². The van der Waals surface area contributed by atoms with Crippen molar-refractivity contribution in [1.82, 2.24) is 16.0 Å². The molecule has 0 aromatic heterocycles. The van der Waals surface area contributed by atoms with Crippen LogP contribution in [-0.4, -0.2) is 48.7 Å². The Balaban J connectivity index is 1.69. The minimum atomic E-state index is -0.337. The SMILES string of the molecule is O=C1CNC(C(=O)NCC2CCCC(O)C2)CN1. The van der Waals surface area contributed by atoms with Crippen LogP contribution in [0.25, 0.3) is 0 Å². The van der Waals surface area contributed by atoms with Gasteiger partial charge in [-0.15, -0.1) is 0 Å². The van der Waals surface area contributed by atoms with E-state index in [1.165, 1.54) is 0 Å². The summed E-state index contributed by atoms with van der Waals surface area (Å²) in [4.78, 5) is 22.8. The molecular formula is C12H21N3O3. The van der Waals surface area contributed by atoms with Crippen molar-refractivity contribution in [3.05, 3.63) is 0 Å². The fourth-order valence-electron chi connectivity index (χ4n) is 2.57. The van der Waals surface area contributed by atoms with Crippen molar-refractivity contribution >= 4 is 11.8 Å². The van der Waals surface area contributed by atoms with Gasteiger partial charge < -0.3 is 15.7 Å². The summed E-state index contributed by atoms with van der Waals surface area (Å²) in [5.74, 6) is 0.223. The third kappa shape index (κ3) is 3.68. The molecule has 6 nitrogen and oxygen atoms in total. The summed E-state index contributed by atoms with van der Waals surface area (Å²) in [5.41, 5.74) is 0. The molecule has 0 aromatic rings. The van der Waals surface area contributed by atoms with Crippen molar-refractivity contribution in [2.45, 2.75) is 37.8 Å². The van der Waals surface area contributed by atoms with Crippen molar-refractivity contribution in [1.29, 1.82) is 0 Å². The molecule has 0 spiro atoms. The Bertz CT molecular complexity index is 312. The summed E-state index contributed by atoms with van der Waals surface area (Å²) in [6, 6.07) is -0.337. The van der Waals surface area contributed by atoms with Gasteiger partial charge in [0.05, 0.1) is 12.6 Å². The number of piperazine rings is 1. The zero-order valence-corrected chi connectivity index (χ0v) is 10.4. The van der Waals surface area contributed by atoms with Gasteiger partial charge in [-0.1, -0.05) is 6.42 Å². The number of carbonyl (C=O) groups is 2. The maximum absolute atomic E-state index is 11.8. The van der Waals surface area contributed by atoms with Crippen LogP contribution in [0.15, 0.2) is 0 Å². The largest absolute Gasteiger partial charge is 0.393 e. The fourth-order valence-corrected chi connectivity index (χ4v) is 2.57. The summed E-state index contributed by atoms with van der Waals surface area (Å²) < 4.78 is 0. The second kappa shape index (κ2) is 6.15. The molecule has 1 heterocycles. The van der Waals surface area contributed by atoms with Crippen molar-refractivity contribution < 1.29 is 14.7 Å². The van der Waals surface area contributed by atoms with Gasteiger partial charge >= 0.3 is 0 Å². The smallest absolute Gasteiger partial charge is 0.238 e. The average Bonchev–Trinajstić information content (AvgIpc) is 2.37. The number of amides is 2. The molecule has 3 atom stereocenters. The number of aliphatic hydroxyl groups is 1. The van der Waals surface area contributed by atoms with Gasteiger partial charge in [-0.05, 0) is 25.2 Å². The third-order valence-electron chi connectivity index (χ3n) is 3.65. The summed E-state index contributed by atoms with van der Waals surface area (Å²) in [6.45, 7) is 1.15. The number of hydrogen-bond acceptors (Lipinski definition) is 4. The Morgan fingerprint density at radius 1 is 1.44 bits per heavy atom. The van der Waals surface area contributed by atoms with E-state index < -0.39 is 0 Å². The lowest BCUT2D eigenvalue weighted by molar-refractivity contribution is -0.126. The van der Waals surface area contributed by atoms with Crippen LogP contribution in [0.1, 0.15) is 25.7 Å². The predicted octanol–water partition coefficient (Wildman–Crippen LogP) is -1.26. The number of rotatable bonds is 3. The molecule has 2 rings (SSSR count). The van der Waals surface area contributed by atoms with Gasteiger partial charge in [0.25, 0.3) is 0 Å². The second-order valence-electron chi connectivity index (χ2n) is 5.17. The zero-order valence-electron chi connectivity index (χ0n) is 10.4. The molecule has 0 radical (unpaired) electrons. The minimum absolute atomic E-state index is 0.0740. The molecule has 1 saturated carbocycles. The molecule has 1 aliphatic carbocycles. The maximum Gasteiger partial charge on any atom is 0.238 e. The highest BCUT2D eigenvalue weighted by molar-refractivity contribution is 5.86. The van der Waals surface area contributed by atoms with Crippen LogP contribution in [0.2, 0.25) is 0 Å². The Morgan fingerprint density at radius 2 is 2.28 bits per heavy atom. The van der Waals surface area contributed by atoms with E-state index in [1.54, 1.807) is 0 Å². The second-order valence-corrected chi connectivity index (χ2v) is 5.17. The predicted molar refractivity (Wildman–Crippen MR) is 65.8 cm³/mol. The molecule has 2 amide bonds. The van der Waals surface area contributed by atoms with Crippen LogP contribution >= 0.6 is 0 Å². The third-order valence-corrected chi connectivity index (χ3v) is 3.65. The Hall–Kier alpha value is -1.14. The van der Waals surface area contributed by atoms with Gasteiger partial charge in [0.1, 0.15) is 6.04 Å². The summed E-state index contributed by atoms with van der Waals surface area (Å²) in [7, 11) is 0. The molecular weight excluding hydrogens is 234 g/mol. The van der Waals surface area contributed by atoms with E-state index in [4.69, 9.17) is 0 Å². The molecule has 1 saturated heterocycles. The van der Waals surface area contributed by atoms with Gasteiger partial charge in [0.2, 0.25) is 11.8 Å². The van der Waals surface area contributed by atoms with E-state index in [9.17, 15) is 14.7 Å². The van der Waals surface area contributed by atoms with Gasteiger partial charge in [-0.25, -0.2) is 0 Å². The van der Waals surface area contributed by atoms with E-state index in [-0.39, 0.29) is 30.5 Å². The highest BCUT2D eigenvalue weighted by Crippen LogP contribution is 2.23. The number of hydrogen-bond donors (Lipinski definition) is 4. The lowest BCUT2D eigenvalue weighted by Crippen LogP contribution is -2.58. The van der Waals surface area contributed by atoms with Crippen LogP contribution in [0, 0.1) is 5.92 Å². The monoisotopic (exact) mass is 255 g/mol. The van der Waals surface area contributed by atoms with Gasteiger partial charge in [-0.2, -0.15) is 0 Å². The van der Waals surface area contributed by atoms with E-state index in [2.05, 4.69) is 16.0 Å². The molecule has 6 heteroatoms. The Labute approximate surface area is 107 Å². The molecule has 18 heavy (non-hydrogen) atoms. The first-order valence-electron chi connectivity index (χ1n) is 6.61. The average molecular weight is 255 g/mol.